The number of aromatic nitrogens is 3. The van der Waals surface area contributed by atoms with E-state index in [4.69, 9.17) is 0 Å². The number of hydrogen-bond acceptors (Lipinski definition) is 3. The molecule has 0 amide bonds. The SMILES string of the molecule is CC1(Cn2cn[nH]c2=O)CCNCC1. The van der Waals surface area contributed by atoms with E-state index in [-0.39, 0.29) is 11.1 Å². The van der Waals surface area contributed by atoms with E-state index in [1.807, 2.05) is 0 Å². The zero-order valence-corrected chi connectivity index (χ0v) is 8.42. The van der Waals surface area contributed by atoms with Crippen LogP contribution < -0.4 is 11.0 Å². The van der Waals surface area contributed by atoms with Crippen LogP contribution in [0.3, 0.4) is 0 Å². The van der Waals surface area contributed by atoms with Crippen LogP contribution in [0.1, 0.15) is 19.8 Å². The monoisotopic (exact) mass is 196 g/mol. The predicted octanol–water partition coefficient (Wildman–Crippen LogP) is -0.0389. The Bertz CT molecular complexity index is 348. The molecular weight excluding hydrogens is 180 g/mol. The minimum absolute atomic E-state index is 0.107. The second kappa shape index (κ2) is 3.57. The maximum absolute atomic E-state index is 11.3. The van der Waals surface area contributed by atoms with E-state index in [2.05, 4.69) is 22.4 Å². The van der Waals surface area contributed by atoms with Gasteiger partial charge in [0.15, 0.2) is 0 Å². The van der Waals surface area contributed by atoms with Crippen LogP contribution in [-0.4, -0.2) is 27.9 Å². The Morgan fingerprint density at radius 3 is 2.86 bits per heavy atom. The van der Waals surface area contributed by atoms with Gasteiger partial charge in [-0.25, -0.2) is 9.89 Å². The summed E-state index contributed by atoms with van der Waals surface area (Å²) in [4.78, 5) is 11.3. The number of nitrogens with zero attached hydrogens (tertiary/aromatic N) is 2. The molecule has 1 aromatic heterocycles. The molecule has 2 heterocycles. The Kier molecular flexibility index (Phi) is 2.41. The molecule has 2 N–H and O–H groups in total. The largest absolute Gasteiger partial charge is 0.343 e. The number of aromatic amines is 1. The molecule has 1 saturated heterocycles. The normalized spacial score (nSPS) is 20.9. The van der Waals surface area contributed by atoms with E-state index in [1.54, 1.807) is 10.9 Å². The molecule has 5 nitrogen and oxygen atoms in total. The molecule has 14 heavy (non-hydrogen) atoms. The summed E-state index contributed by atoms with van der Waals surface area (Å²) in [6.07, 6.45) is 3.81. The van der Waals surface area contributed by atoms with Crippen LogP contribution in [0.25, 0.3) is 0 Å². The fourth-order valence-electron chi connectivity index (χ4n) is 1.98. The van der Waals surface area contributed by atoms with Gasteiger partial charge in [-0.15, -0.1) is 0 Å². The summed E-state index contributed by atoms with van der Waals surface area (Å²) in [6, 6.07) is 0. The summed E-state index contributed by atoms with van der Waals surface area (Å²) in [7, 11) is 0. The van der Waals surface area contributed by atoms with Gasteiger partial charge in [0.25, 0.3) is 0 Å². The second-order valence-corrected chi connectivity index (χ2v) is 4.35. The molecular formula is C9H16N4O. The Labute approximate surface area is 82.5 Å². The van der Waals surface area contributed by atoms with Crippen molar-refractivity contribution in [2.75, 3.05) is 13.1 Å². The molecule has 1 fully saturated rings. The van der Waals surface area contributed by atoms with E-state index in [0.717, 1.165) is 32.5 Å². The Hall–Kier alpha value is -1.10. The van der Waals surface area contributed by atoms with Gasteiger partial charge in [-0.3, -0.25) is 4.57 Å². The molecule has 78 valence electrons. The average molecular weight is 196 g/mol. The molecule has 1 aliphatic rings. The van der Waals surface area contributed by atoms with Crippen LogP contribution >= 0.6 is 0 Å². The highest BCUT2D eigenvalue weighted by atomic mass is 16.1. The van der Waals surface area contributed by atoms with E-state index in [0.29, 0.717) is 0 Å². The van der Waals surface area contributed by atoms with E-state index in [1.165, 1.54) is 0 Å². The first-order valence-electron chi connectivity index (χ1n) is 5.00. The quantitative estimate of drug-likeness (QED) is 0.697. The van der Waals surface area contributed by atoms with Gasteiger partial charge in [-0.2, -0.15) is 5.10 Å². The number of H-pyrrole nitrogens is 1. The van der Waals surface area contributed by atoms with Gasteiger partial charge in [0, 0.05) is 6.54 Å². The fourth-order valence-corrected chi connectivity index (χ4v) is 1.98. The molecule has 5 heteroatoms. The Balaban J connectivity index is 2.09. The summed E-state index contributed by atoms with van der Waals surface area (Å²) in [6.45, 7) is 5.09. The van der Waals surface area contributed by atoms with Gasteiger partial charge in [0.05, 0.1) is 0 Å². The lowest BCUT2D eigenvalue weighted by Gasteiger charge is -2.33. The van der Waals surface area contributed by atoms with Crippen molar-refractivity contribution in [3.8, 4) is 0 Å². The molecule has 0 aliphatic carbocycles. The minimum Gasteiger partial charge on any atom is -0.317 e. The van der Waals surface area contributed by atoms with Crippen molar-refractivity contribution >= 4 is 0 Å². The second-order valence-electron chi connectivity index (χ2n) is 4.35. The first-order chi connectivity index (χ1) is 6.70. The van der Waals surface area contributed by atoms with Gasteiger partial charge in [0.1, 0.15) is 6.33 Å². The molecule has 0 unspecified atom stereocenters. The average Bonchev–Trinajstić information content (AvgIpc) is 2.52. The molecule has 0 atom stereocenters. The van der Waals surface area contributed by atoms with Gasteiger partial charge >= 0.3 is 5.69 Å². The van der Waals surface area contributed by atoms with Gasteiger partial charge in [0.2, 0.25) is 0 Å². The first kappa shape index (κ1) is 9.45. The highest BCUT2D eigenvalue weighted by Crippen LogP contribution is 2.29. The maximum Gasteiger partial charge on any atom is 0.343 e. The smallest absolute Gasteiger partial charge is 0.317 e. The van der Waals surface area contributed by atoms with Crippen LogP contribution in [0.2, 0.25) is 0 Å². The highest BCUT2D eigenvalue weighted by molar-refractivity contribution is 4.82. The summed E-state index contributed by atoms with van der Waals surface area (Å²) < 4.78 is 1.66. The van der Waals surface area contributed by atoms with Crippen molar-refractivity contribution in [1.82, 2.24) is 20.1 Å². The number of rotatable bonds is 2. The van der Waals surface area contributed by atoms with Crippen molar-refractivity contribution in [2.45, 2.75) is 26.3 Å². The summed E-state index contributed by atoms with van der Waals surface area (Å²) in [5.41, 5.74) is 0.128. The number of piperidine rings is 1. The lowest BCUT2D eigenvalue weighted by Crippen LogP contribution is -2.39. The van der Waals surface area contributed by atoms with Crippen LogP contribution in [0.4, 0.5) is 0 Å². The first-order valence-corrected chi connectivity index (χ1v) is 5.00. The summed E-state index contributed by atoms with van der Waals surface area (Å²) in [5.74, 6) is 0. The van der Waals surface area contributed by atoms with Crippen molar-refractivity contribution in [1.29, 1.82) is 0 Å². The molecule has 0 bridgehead atoms. The van der Waals surface area contributed by atoms with E-state index < -0.39 is 0 Å². The van der Waals surface area contributed by atoms with E-state index in [9.17, 15) is 4.79 Å². The zero-order chi connectivity index (χ0) is 10.0. The van der Waals surface area contributed by atoms with E-state index >= 15 is 0 Å². The Morgan fingerprint density at radius 1 is 1.57 bits per heavy atom. The third-order valence-electron chi connectivity index (χ3n) is 2.98. The Morgan fingerprint density at radius 2 is 2.29 bits per heavy atom. The zero-order valence-electron chi connectivity index (χ0n) is 8.42. The highest BCUT2D eigenvalue weighted by Gasteiger charge is 2.27. The number of hydrogen-bond donors (Lipinski definition) is 2. The molecule has 0 radical (unpaired) electrons. The van der Waals surface area contributed by atoms with Crippen molar-refractivity contribution < 1.29 is 0 Å². The summed E-state index contributed by atoms with van der Waals surface area (Å²) >= 11 is 0. The molecule has 1 aliphatic heterocycles. The fraction of sp³-hybridized carbons (Fsp3) is 0.778. The topological polar surface area (TPSA) is 62.7 Å². The summed E-state index contributed by atoms with van der Waals surface area (Å²) in [5, 5.41) is 9.47. The maximum atomic E-state index is 11.3. The molecule has 2 rings (SSSR count). The van der Waals surface area contributed by atoms with Gasteiger partial charge in [-0.05, 0) is 31.3 Å². The lowest BCUT2D eigenvalue weighted by molar-refractivity contribution is 0.193. The third kappa shape index (κ3) is 1.87. The third-order valence-corrected chi connectivity index (χ3v) is 2.98. The molecule has 0 spiro atoms. The molecule has 1 aromatic rings. The van der Waals surface area contributed by atoms with Crippen LogP contribution in [0, 0.1) is 5.41 Å². The lowest BCUT2D eigenvalue weighted by atomic mass is 9.81. The minimum atomic E-state index is -0.107. The molecule has 0 aromatic carbocycles. The number of nitrogens with one attached hydrogen (secondary N) is 2. The van der Waals surface area contributed by atoms with Gasteiger partial charge < -0.3 is 5.32 Å². The van der Waals surface area contributed by atoms with Crippen molar-refractivity contribution in [3.05, 3.63) is 16.8 Å². The predicted molar refractivity (Wildman–Crippen MR) is 53.1 cm³/mol. The van der Waals surface area contributed by atoms with Crippen LogP contribution in [-0.2, 0) is 6.54 Å². The molecule has 0 saturated carbocycles. The van der Waals surface area contributed by atoms with Crippen molar-refractivity contribution in [3.63, 3.8) is 0 Å². The van der Waals surface area contributed by atoms with Gasteiger partial charge in [-0.1, -0.05) is 6.92 Å². The van der Waals surface area contributed by atoms with Crippen molar-refractivity contribution in [2.24, 2.45) is 5.41 Å². The standard InChI is InChI=1S/C9H16N4O/c1-9(2-4-10-5-3-9)6-13-7-11-12-8(13)14/h7,10H,2-6H2,1H3,(H,12,14). The van der Waals surface area contributed by atoms with Crippen LogP contribution in [0.5, 0.6) is 0 Å². The van der Waals surface area contributed by atoms with Crippen LogP contribution in [0.15, 0.2) is 11.1 Å².